The van der Waals surface area contributed by atoms with E-state index < -0.39 is 0 Å². The first kappa shape index (κ1) is 24.4. The van der Waals surface area contributed by atoms with Crippen molar-refractivity contribution in [2.45, 2.75) is 26.2 Å². The van der Waals surface area contributed by atoms with E-state index in [-0.39, 0.29) is 5.48 Å². The average molecular weight is 374 g/mol. The molecule has 0 unspecified atom stereocenters. The zero-order valence-corrected chi connectivity index (χ0v) is 16.4. The van der Waals surface area contributed by atoms with Crippen LogP contribution in [0.25, 0.3) is 6.08 Å². The highest BCUT2D eigenvalue weighted by molar-refractivity contribution is 5.67. The summed E-state index contributed by atoms with van der Waals surface area (Å²) in [5.74, 6) is 1.33. The molecule has 0 aliphatic rings. The molecule has 0 spiro atoms. The standard InChI is InChI=1S/C22H28O4.H2O/c1-5-7-10-18(6-2)17-26-22-16-19(12-13-23)15-21(25-4)20(22)11-8-9-14-24-3;/h7-8,10-11,13,15-16H,2,5,9,12,14,17H2,1,3-4H3;1H2/b10-7-,11-8-;. The summed E-state index contributed by atoms with van der Waals surface area (Å²) in [6.07, 6.45) is 10.8. The number of hydrogen-bond donors (Lipinski definition) is 0. The van der Waals surface area contributed by atoms with Crippen molar-refractivity contribution in [1.29, 1.82) is 0 Å². The molecular formula is C22H30O5. The molecule has 0 amide bonds. The molecule has 148 valence electrons. The normalized spacial score (nSPS) is 10.5. The molecule has 5 nitrogen and oxygen atoms in total. The van der Waals surface area contributed by atoms with E-state index >= 15 is 0 Å². The summed E-state index contributed by atoms with van der Waals surface area (Å²) >= 11 is 0. The quantitative estimate of drug-likeness (QED) is 0.242. The Labute approximate surface area is 161 Å². The van der Waals surface area contributed by atoms with E-state index in [1.165, 1.54) is 0 Å². The van der Waals surface area contributed by atoms with E-state index in [9.17, 15) is 4.79 Å². The maximum absolute atomic E-state index is 10.9. The van der Waals surface area contributed by atoms with Gasteiger partial charge in [0.05, 0.1) is 12.7 Å². The van der Waals surface area contributed by atoms with Gasteiger partial charge in [0.1, 0.15) is 24.4 Å². The fourth-order valence-corrected chi connectivity index (χ4v) is 2.28. The number of hydrogen-bond acceptors (Lipinski definition) is 4. The van der Waals surface area contributed by atoms with Crippen LogP contribution in [0.1, 0.15) is 30.9 Å². The van der Waals surface area contributed by atoms with Crippen LogP contribution in [-0.2, 0) is 16.0 Å². The largest absolute Gasteiger partial charge is 0.496 e. The van der Waals surface area contributed by atoms with Crippen LogP contribution in [0.2, 0.25) is 0 Å². The van der Waals surface area contributed by atoms with Crippen molar-refractivity contribution in [3.8, 4) is 11.5 Å². The fraction of sp³-hybridized carbons (Fsp3) is 0.364. The zero-order valence-electron chi connectivity index (χ0n) is 16.4. The molecule has 1 aromatic rings. The van der Waals surface area contributed by atoms with Crippen molar-refractivity contribution in [3.05, 3.63) is 59.4 Å². The molecule has 5 heteroatoms. The van der Waals surface area contributed by atoms with Gasteiger partial charge < -0.3 is 24.5 Å². The predicted octanol–water partition coefficient (Wildman–Crippen LogP) is 3.72. The van der Waals surface area contributed by atoms with E-state index in [2.05, 4.69) is 19.2 Å². The van der Waals surface area contributed by atoms with Gasteiger partial charge in [0.15, 0.2) is 0 Å². The van der Waals surface area contributed by atoms with E-state index in [0.29, 0.717) is 31.1 Å². The fourth-order valence-electron chi connectivity index (χ4n) is 2.28. The van der Waals surface area contributed by atoms with E-state index in [4.69, 9.17) is 14.2 Å². The second-order valence-corrected chi connectivity index (χ2v) is 5.57. The molecule has 1 rings (SSSR count). The van der Waals surface area contributed by atoms with Crippen molar-refractivity contribution < 1.29 is 24.5 Å². The molecule has 0 saturated heterocycles. The molecule has 1 aromatic carbocycles. The Bertz CT molecular complexity index is 682. The van der Waals surface area contributed by atoms with Crippen LogP contribution in [0, 0.1) is 0 Å². The maximum Gasteiger partial charge on any atom is 0.131 e. The van der Waals surface area contributed by atoms with E-state index in [1.807, 2.05) is 36.4 Å². The molecule has 0 bridgehead atoms. The summed E-state index contributed by atoms with van der Waals surface area (Å²) < 4.78 is 16.6. The van der Waals surface area contributed by atoms with Crippen LogP contribution in [0.3, 0.4) is 0 Å². The minimum absolute atomic E-state index is 0. The molecule has 0 aliphatic carbocycles. The van der Waals surface area contributed by atoms with Crippen molar-refractivity contribution >= 4 is 12.4 Å². The van der Waals surface area contributed by atoms with Gasteiger partial charge in [-0.2, -0.15) is 0 Å². The van der Waals surface area contributed by atoms with Gasteiger partial charge >= 0.3 is 0 Å². The summed E-state index contributed by atoms with van der Waals surface area (Å²) in [7, 11) is 3.28. The number of benzene rings is 1. The highest BCUT2D eigenvalue weighted by atomic mass is 16.5. The van der Waals surface area contributed by atoms with Gasteiger partial charge in [0.2, 0.25) is 0 Å². The molecule has 2 N–H and O–H groups in total. The number of allylic oxidation sites excluding steroid dienone is 1. The number of carbonyl (C=O) groups excluding carboxylic acids is 1. The van der Waals surface area contributed by atoms with Gasteiger partial charge in [-0.3, -0.25) is 0 Å². The SMILES string of the molecule is C=C=C(/C=C\CC)COc1cc(CC=O)cc(OC)c1/C=C\CCOC.O. The van der Waals surface area contributed by atoms with Gasteiger partial charge in [-0.25, -0.2) is 0 Å². The van der Waals surface area contributed by atoms with Crippen molar-refractivity contribution in [2.75, 3.05) is 27.4 Å². The Kier molecular flexibility index (Phi) is 13.2. The third-order valence-electron chi connectivity index (χ3n) is 3.64. The van der Waals surface area contributed by atoms with Crippen molar-refractivity contribution in [2.24, 2.45) is 0 Å². The minimum Gasteiger partial charge on any atom is -0.496 e. The third kappa shape index (κ3) is 8.56. The van der Waals surface area contributed by atoms with Crippen molar-refractivity contribution in [3.63, 3.8) is 0 Å². The van der Waals surface area contributed by atoms with Crippen LogP contribution in [0.15, 0.2) is 48.2 Å². The number of methoxy groups -OCH3 is 2. The summed E-state index contributed by atoms with van der Waals surface area (Å²) in [5.41, 5.74) is 5.43. The number of aldehydes is 1. The number of carbonyl (C=O) groups is 1. The van der Waals surface area contributed by atoms with Crippen molar-refractivity contribution in [1.82, 2.24) is 0 Å². The topological polar surface area (TPSA) is 76.3 Å². The van der Waals surface area contributed by atoms with Gasteiger partial charge in [-0.05, 0) is 30.5 Å². The second kappa shape index (κ2) is 14.6. The molecular weight excluding hydrogens is 344 g/mol. The van der Waals surface area contributed by atoms with Crippen LogP contribution >= 0.6 is 0 Å². The summed E-state index contributed by atoms with van der Waals surface area (Å²) in [6.45, 7) is 6.75. The van der Waals surface area contributed by atoms with Crippen LogP contribution in [-0.4, -0.2) is 39.2 Å². The second-order valence-electron chi connectivity index (χ2n) is 5.57. The molecule has 0 atom stereocenters. The Morgan fingerprint density at radius 3 is 2.56 bits per heavy atom. The van der Waals surface area contributed by atoms with Crippen LogP contribution in [0.5, 0.6) is 11.5 Å². The third-order valence-corrected chi connectivity index (χ3v) is 3.64. The Hall–Kier alpha value is -2.59. The van der Waals surface area contributed by atoms with Gasteiger partial charge in [0.25, 0.3) is 0 Å². The lowest BCUT2D eigenvalue weighted by molar-refractivity contribution is -0.107. The molecule has 0 aromatic heterocycles. The first-order valence-corrected chi connectivity index (χ1v) is 8.68. The van der Waals surface area contributed by atoms with Gasteiger partial charge in [-0.15, -0.1) is 5.73 Å². The zero-order chi connectivity index (χ0) is 19.2. The first-order chi connectivity index (χ1) is 12.7. The monoisotopic (exact) mass is 374 g/mol. The highest BCUT2D eigenvalue weighted by Crippen LogP contribution is 2.32. The lowest BCUT2D eigenvalue weighted by Crippen LogP contribution is -2.03. The molecule has 0 aliphatic heterocycles. The Balaban J connectivity index is 0.00000676. The lowest BCUT2D eigenvalue weighted by atomic mass is 10.1. The highest BCUT2D eigenvalue weighted by Gasteiger charge is 2.11. The van der Waals surface area contributed by atoms with Crippen LogP contribution < -0.4 is 9.47 Å². The molecule has 0 heterocycles. The van der Waals surface area contributed by atoms with E-state index in [0.717, 1.165) is 35.8 Å². The average Bonchev–Trinajstić information content (AvgIpc) is 2.66. The molecule has 0 radical (unpaired) electrons. The van der Waals surface area contributed by atoms with Gasteiger partial charge in [0, 0.05) is 25.7 Å². The van der Waals surface area contributed by atoms with Crippen LogP contribution in [0.4, 0.5) is 0 Å². The maximum atomic E-state index is 10.9. The number of rotatable bonds is 12. The number of ether oxygens (including phenoxy) is 3. The first-order valence-electron chi connectivity index (χ1n) is 8.68. The lowest BCUT2D eigenvalue weighted by Gasteiger charge is -2.15. The Morgan fingerprint density at radius 1 is 1.22 bits per heavy atom. The van der Waals surface area contributed by atoms with Gasteiger partial charge in [-0.1, -0.05) is 37.8 Å². The summed E-state index contributed by atoms with van der Waals surface area (Å²) in [6, 6.07) is 3.73. The molecule has 27 heavy (non-hydrogen) atoms. The minimum atomic E-state index is 0. The summed E-state index contributed by atoms with van der Waals surface area (Å²) in [5, 5.41) is 0. The smallest absolute Gasteiger partial charge is 0.131 e. The predicted molar refractivity (Wildman–Crippen MR) is 109 cm³/mol. The molecule has 0 fully saturated rings. The van der Waals surface area contributed by atoms with E-state index in [1.54, 1.807) is 14.2 Å². The Morgan fingerprint density at radius 2 is 1.96 bits per heavy atom. The molecule has 0 saturated carbocycles. The summed E-state index contributed by atoms with van der Waals surface area (Å²) in [4.78, 5) is 10.9.